The zero-order valence-corrected chi connectivity index (χ0v) is 24.4. The number of amides is 2. The highest BCUT2D eigenvalue weighted by molar-refractivity contribution is 6.00. The molecule has 1 aliphatic rings. The van der Waals surface area contributed by atoms with Crippen LogP contribution in [0.3, 0.4) is 0 Å². The maximum absolute atomic E-state index is 13.5. The molecule has 0 aromatic heterocycles. The quantitative estimate of drug-likeness (QED) is 0.357. The standard InChI is InChI=1S/C32H36N2O7/c1-21-7-9-22(10-8-21)25(23-11-12-26(37-2)27(17-23)38-3)20-30(35)33-13-15-34(16-14-33)32(36)24-18-28(39-4)31(41-6)29(19-24)40-5/h7-12,17-20H,13-16H2,1-6H3. The monoisotopic (exact) mass is 560 g/mol. The Balaban J connectivity index is 1.55. The second-order valence-electron chi connectivity index (χ2n) is 9.53. The predicted molar refractivity (Wildman–Crippen MR) is 156 cm³/mol. The Labute approximate surface area is 240 Å². The van der Waals surface area contributed by atoms with Crippen molar-refractivity contribution in [3.8, 4) is 28.7 Å². The van der Waals surface area contributed by atoms with Gasteiger partial charge in [-0.05, 0) is 47.9 Å². The van der Waals surface area contributed by atoms with Crippen molar-refractivity contribution in [3.63, 3.8) is 0 Å². The first-order valence-electron chi connectivity index (χ1n) is 13.2. The maximum atomic E-state index is 13.5. The van der Waals surface area contributed by atoms with E-state index in [2.05, 4.69) is 0 Å². The molecule has 1 aliphatic heterocycles. The lowest BCUT2D eigenvalue weighted by Gasteiger charge is -2.34. The van der Waals surface area contributed by atoms with Crippen molar-refractivity contribution in [2.75, 3.05) is 61.7 Å². The van der Waals surface area contributed by atoms with Crippen molar-refractivity contribution in [2.24, 2.45) is 0 Å². The van der Waals surface area contributed by atoms with E-state index in [0.717, 1.165) is 22.3 Å². The molecule has 0 bridgehead atoms. The molecule has 4 rings (SSSR count). The van der Waals surface area contributed by atoms with Gasteiger partial charge < -0.3 is 33.5 Å². The van der Waals surface area contributed by atoms with E-state index in [9.17, 15) is 9.59 Å². The fraction of sp³-hybridized carbons (Fsp3) is 0.312. The number of piperazine rings is 1. The average Bonchev–Trinajstić information content (AvgIpc) is 3.02. The molecule has 3 aromatic rings. The van der Waals surface area contributed by atoms with Gasteiger partial charge in [-0.1, -0.05) is 35.9 Å². The van der Waals surface area contributed by atoms with Crippen molar-refractivity contribution >= 4 is 17.4 Å². The van der Waals surface area contributed by atoms with Crippen LogP contribution in [0.2, 0.25) is 0 Å². The minimum Gasteiger partial charge on any atom is -0.493 e. The van der Waals surface area contributed by atoms with E-state index in [0.29, 0.717) is 60.5 Å². The van der Waals surface area contributed by atoms with E-state index in [1.807, 2.05) is 49.4 Å². The molecule has 1 saturated heterocycles. The number of aryl methyl sites for hydroxylation is 1. The minimum absolute atomic E-state index is 0.129. The summed E-state index contributed by atoms with van der Waals surface area (Å²) in [5.74, 6) is 2.13. The van der Waals surface area contributed by atoms with Crippen molar-refractivity contribution < 1.29 is 33.3 Å². The van der Waals surface area contributed by atoms with Gasteiger partial charge in [-0.15, -0.1) is 0 Å². The van der Waals surface area contributed by atoms with Crippen LogP contribution in [0.5, 0.6) is 28.7 Å². The summed E-state index contributed by atoms with van der Waals surface area (Å²) < 4.78 is 27.1. The van der Waals surface area contributed by atoms with E-state index in [4.69, 9.17) is 23.7 Å². The third-order valence-electron chi connectivity index (χ3n) is 7.12. The number of methoxy groups -OCH3 is 5. The van der Waals surface area contributed by atoms with Gasteiger partial charge in [-0.3, -0.25) is 9.59 Å². The number of carbonyl (C=O) groups is 2. The summed E-state index contributed by atoms with van der Waals surface area (Å²) in [6, 6.07) is 16.9. The summed E-state index contributed by atoms with van der Waals surface area (Å²) in [5.41, 5.74) is 4.06. The molecular weight excluding hydrogens is 524 g/mol. The Morgan fingerprint density at radius 1 is 0.610 bits per heavy atom. The largest absolute Gasteiger partial charge is 0.493 e. The van der Waals surface area contributed by atoms with Crippen LogP contribution < -0.4 is 23.7 Å². The van der Waals surface area contributed by atoms with Crippen LogP contribution in [-0.4, -0.2) is 83.3 Å². The number of hydrogen-bond acceptors (Lipinski definition) is 7. The number of rotatable bonds is 9. The van der Waals surface area contributed by atoms with Crippen LogP contribution in [0.15, 0.2) is 60.7 Å². The van der Waals surface area contributed by atoms with Gasteiger partial charge >= 0.3 is 0 Å². The molecule has 0 unspecified atom stereocenters. The third-order valence-corrected chi connectivity index (χ3v) is 7.12. The SMILES string of the molecule is COc1ccc(C(=CC(=O)N2CCN(C(=O)c3cc(OC)c(OC)c(OC)c3)CC2)c2ccc(C)cc2)cc1OC. The van der Waals surface area contributed by atoms with E-state index < -0.39 is 0 Å². The lowest BCUT2D eigenvalue weighted by atomic mass is 9.96. The Morgan fingerprint density at radius 3 is 1.66 bits per heavy atom. The molecule has 1 heterocycles. The molecule has 9 nitrogen and oxygen atoms in total. The van der Waals surface area contributed by atoms with Crippen molar-refractivity contribution in [2.45, 2.75) is 6.92 Å². The molecule has 0 spiro atoms. The summed E-state index contributed by atoms with van der Waals surface area (Å²) in [4.78, 5) is 30.3. The molecule has 0 aliphatic carbocycles. The van der Waals surface area contributed by atoms with Crippen LogP contribution in [0.25, 0.3) is 5.57 Å². The maximum Gasteiger partial charge on any atom is 0.254 e. The fourth-order valence-electron chi connectivity index (χ4n) is 4.80. The molecule has 41 heavy (non-hydrogen) atoms. The van der Waals surface area contributed by atoms with Gasteiger partial charge in [0.25, 0.3) is 5.91 Å². The molecule has 0 N–H and O–H groups in total. The summed E-state index contributed by atoms with van der Waals surface area (Å²) in [7, 11) is 7.71. The third kappa shape index (κ3) is 6.40. The van der Waals surface area contributed by atoms with Gasteiger partial charge in [-0.2, -0.15) is 0 Å². The van der Waals surface area contributed by atoms with Gasteiger partial charge in [-0.25, -0.2) is 0 Å². The predicted octanol–water partition coefficient (Wildman–Crippen LogP) is 4.45. The number of carbonyl (C=O) groups excluding carboxylic acids is 2. The first-order chi connectivity index (χ1) is 19.8. The Morgan fingerprint density at radius 2 is 1.12 bits per heavy atom. The van der Waals surface area contributed by atoms with Crippen LogP contribution in [0.4, 0.5) is 0 Å². The Bertz CT molecular complexity index is 1400. The smallest absolute Gasteiger partial charge is 0.254 e. The normalized spacial score (nSPS) is 13.5. The molecule has 3 aromatic carbocycles. The van der Waals surface area contributed by atoms with E-state index in [1.54, 1.807) is 42.2 Å². The summed E-state index contributed by atoms with van der Waals surface area (Å²) in [6.45, 7) is 3.61. The van der Waals surface area contributed by atoms with Gasteiger partial charge in [0, 0.05) is 37.8 Å². The molecule has 2 amide bonds. The van der Waals surface area contributed by atoms with Gasteiger partial charge in [0.15, 0.2) is 23.0 Å². The lowest BCUT2D eigenvalue weighted by Crippen LogP contribution is -2.50. The van der Waals surface area contributed by atoms with Crippen molar-refractivity contribution in [1.29, 1.82) is 0 Å². The molecule has 0 atom stereocenters. The number of hydrogen-bond donors (Lipinski definition) is 0. The van der Waals surface area contributed by atoms with E-state index in [1.165, 1.54) is 21.3 Å². The molecule has 0 radical (unpaired) electrons. The van der Waals surface area contributed by atoms with Gasteiger partial charge in [0.1, 0.15) is 0 Å². The highest BCUT2D eigenvalue weighted by atomic mass is 16.5. The Kier molecular flexibility index (Phi) is 9.39. The van der Waals surface area contributed by atoms with E-state index in [-0.39, 0.29) is 11.8 Å². The molecule has 216 valence electrons. The van der Waals surface area contributed by atoms with E-state index >= 15 is 0 Å². The molecule has 0 saturated carbocycles. The summed E-state index contributed by atoms with van der Waals surface area (Å²) in [5, 5.41) is 0. The number of ether oxygens (including phenoxy) is 5. The topological polar surface area (TPSA) is 86.8 Å². The van der Waals surface area contributed by atoms with Gasteiger partial charge in [0.2, 0.25) is 11.7 Å². The zero-order valence-electron chi connectivity index (χ0n) is 24.4. The van der Waals surface area contributed by atoms with Crippen LogP contribution >= 0.6 is 0 Å². The average molecular weight is 561 g/mol. The van der Waals surface area contributed by atoms with Crippen LogP contribution in [-0.2, 0) is 4.79 Å². The lowest BCUT2D eigenvalue weighted by molar-refractivity contribution is -0.127. The highest BCUT2D eigenvalue weighted by Gasteiger charge is 2.26. The summed E-state index contributed by atoms with van der Waals surface area (Å²) in [6.07, 6.45) is 1.66. The molecule has 9 heteroatoms. The molecular formula is C32H36N2O7. The van der Waals surface area contributed by atoms with Gasteiger partial charge in [0.05, 0.1) is 35.5 Å². The fourth-order valence-corrected chi connectivity index (χ4v) is 4.80. The summed E-state index contributed by atoms with van der Waals surface area (Å²) >= 11 is 0. The second kappa shape index (κ2) is 13.1. The first-order valence-corrected chi connectivity index (χ1v) is 13.2. The zero-order chi connectivity index (χ0) is 29.5. The van der Waals surface area contributed by atoms with Crippen molar-refractivity contribution in [1.82, 2.24) is 9.80 Å². The van der Waals surface area contributed by atoms with Crippen LogP contribution in [0, 0.1) is 6.92 Å². The number of nitrogens with zero attached hydrogens (tertiary/aromatic N) is 2. The first kappa shape index (κ1) is 29.3. The molecule has 1 fully saturated rings. The number of benzene rings is 3. The highest BCUT2D eigenvalue weighted by Crippen LogP contribution is 2.38. The Hall–Kier alpha value is -4.66. The second-order valence-corrected chi connectivity index (χ2v) is 9.53. The minimum atomic E-state index is -0.169. The van der Waals surface area contributed by atoms with Crippen LogP contribution in [0.1, 0.15) is 27.0 Å². The van der Waals surface area contributed by atoms with Crippen molar-refractivity contribution in [3.05, 3.63) is 82.9 Å².